The molecule has 6 heteroatoms. The zero-order valence-electron chi connectivity index (χ0n) is 16.4. The van der Waals surface area contributed by atoms with Gasteiger partial charge in [-0.25, -0.2) is 0 Å². The van der Waals surface area contributed by atoms with E-state index in [1.807, 2.05) is 26.0 Å². The molecule has 1 amide bonds. The summed E-state index contributed by atoms with van der Waals surface area (Å²) in [6.45, 7) is 4.13. The molecule has 152 valence electrons. The van der Waals surface area contributed by atoms with Crippen molar-refractivity contribution >= 4 is 23.3 Å². The van der Waals surface area contributed by atoms with Gasteiger partial charge in [0.05, 0.1) is 11.6 Å². The molecule has 2 aromatic rings. The predicted molar refractivity (Wildman–Crippen MR) is 112 cm³/mol. The first-order chi connectivity index (χ1) is 13.8. The van der Waals surface area contributed by atoms with Crippen LogP contribution in [0.15, 0.2) is 59.9 Å². The fraction of sp³-hybridized carbons (Fsp3) is 0.304. The van der Waals surface area contributed by atoms with Crippen molar-refractivity contribution in [3.8, 4) is 5.75 Å². The quantitative estimate of drug-likeness (QED) is 0.695. The van der Waals surface area contributed by atoms with Crippen molar-refractivity contribution < 1.29 is 19.8 Å². The highest BCUT2D eigenvalue weighted by Crippen LogP contribution is 2.39. The third kappa shape index (κ3) is 4.62. The molecule has 29 heavy (non-hydrogen) atoms. The van der Waals surface area contributed by atoms with Crippen molar-refractivity contribution in [1.29, 1.82) is 0 Å². The number of phenolic OH excluding ortho intramolecular Hbond substituents is 1. The van der Waals surface area contributed by atoms with Crippen molar-refractivity contribution in [1.82, 2.24) is 4.90 Å². The lowest BCUT2D eigenvalue weighted by atomic mass is 9.92. The molecule has 2 aromatic carbocycles. The zero-order valence-corrected chi connectivity index (χ0v) is 17.2. The molecule has 1 aliphatic rings. The first-order valence-electron chi connectivity index (χ1n) is 9.58. The Kier molecular flexibility index (Phi) is 6.28. The van der Waals surface area contributed by atoms with E-state index in [2.05, 4.69) is 0 Å². The summed E-state index contributed by atoms with van der Waals surface area (Å²) in [6.07, 6.45) is 0.768. The largest absolute Gasteiger partial charge is 0.508 e. The first kappa shape index (κ1) is 20.9. The molecule has 1 aliphatic heterocycles. The van der Waals surface area contributed by atoms with Gasteiger partial charge >= 0.3 is 0 Å². The van der Waals surface area contributed by atoms with E-state index < -0.39 is 17.7 Å². The standard InChI is InChI=1S/C23H24ClNO4/c1-14(2)12-19(27)20-21(16-4-3-5-18(26)13-16)25(23(29)22(20)28)11-10-15-6-8-17(24)9-7-15/h3-9,13-14,21,26,28H,10-12H2,1-2H3. The highest BCUT2D eigenvalue weighted by Gasteiger charge is 2.43. The van der Waals surface area contributed by atoms with Crippen LogP contribution in [0.5, 0.6) is 5.75 Å². The van der Waals surface area contributed by atoms with Crippen LogP contribution in [0.1, 0.15) is 37.4 Å². The Morgan fingerprint density at radius 2 is 1.83 bits per heavy atom. The number of aliphatic hydroxyl groups is 1. The number of aromatic hydroxyl groups is 1. The molecule has 3 rings (SSSR count). The van der Waals surface area contributed by atoms with Gasteiger partial charge in [0.25, 0.3) is 5.91 Å². The first-order valence-corrected chi connectivity index (χ1v) is 9.96. The summed E-state index contributed by atoms with van der Waals surface area (Å²) in [5.41, 5.74) is 1.68. The molecule has 0 radical (unpaired) electrons. The van der Waals surface area contributed by atoms with Crippen LogP contribution < -0.4 is 0 Å². The number of nitrogens with zero attached hydrogens (tertiary/aromatic N) is 1. The Balaban J connectivity index is 1.94. The Bertz CT molecular complexity index is 950. The minimum Gasteiger partial charge on any atom is -0.508 e. The number of carbonyl (C=O) groups is 2. The zero-order chi connectivity index (χ0) is 21.1. The van der Waals surface area contributed by atoms with Crippen molar-refractivity contribution in [3.63, 3.8) is 0 Å². The van der Waals surface area contributed by atoms with Gasteiger partial charge in [-0.05, 0) is 47.7 Å². The summed E-state index contributed by atoms with van der Waals surface area (Å²) >= 11 is 5.93. The monoisotopic (exact) mass is 413 g/mol. The second-order valence-electron chi connectivity index (χ2n) is 7.66. The second-order valence-corrected chi connectivity index (χ2v) is 8.09. The number of aliphatic hydroxyl groups excluding tert-OH is 1. The van der Waals surface area contributed by atoms with E-state index in [9.17, 15) is 19.8 Å². The highest BCUT2D eigenvalue weighted by atomic mass is 35.5. The fourth-order valence-corrected chi connectivity index (χ4v) is 3.72. The molecular formula is C23H24ClNO4. The van der Waals surface area contributed by atoms with Crippen LogP contribution in [0, 0.1) is 5.92 Å². The Hall–Kier alpha value is -2.79. The van der Waals surface area contributed by atoms with Crippen LogP contribution in [0.2, 0.25) is 5.02 Å². The molecule has 5 nitrogen and oxygen atoms in total. The highest BCUT2D eigenvalue weighted by molar-refractivity contribution is 6.30. The molecular weight excluding hydrogens is 390 g/mol. The van der Waals surface area contributed by atoms with E-state index in [4.69, 9.17) is 11.6 Å². The summed E-state index contributed by atoms with van der Waals surface area (Å²) in [5, 5.41) is 21.1. The van der Waals surface area contributed by atoms with E-state index in [0.717, 1.165) is 5.56 Å². The number of rotatable bonds is 7. The average molecular weight is 414 g/mol. The number of halogens is 1. The molecule has 1 unspecified atom stereocenters. The summed E-state index contributed by atoms with van der Waals surface area (Å²) in [6, 6.07) is 13.0. The van der Waals surface area contributed by atoms with Crippen molar-refractivity contribution in [3.05, 3.63) is 76.0 Å². The van der Waals surface area contributed by atoms with E-state index in [-0.39, 0.29) is 29.4 Å². The minimum absolute atomic E-state index is 0.0367. The van der Waals surface area contributed by atoms with Crippen LogP contribution in [0.4, 0.5) is 0 Å². The van der Waals surface area contributed by atoms with Crippen LogP contribution in [-0.4, -0.2) is 33.3 Å². The van der Waals surface area contributed by atoms with E-state index in [1.54, 1.807) is 24.3 Å². The topological polar surface area (TPSA) is 77.8 Å². The SMILES string of the molecule is CC(C)CC(=O)C1=C(O)C(=O)N(CCc2ccc(Cl)cc2)C1c1cccc(O)c1. The van der Waals surface area contributed by atoms with Gasteiger partial charge in [0, 0.05) is 18.0 Å². The molecule has 0 bridgehead atoms. The van der Waals surface area contributed by atoms with Crippen molar-refractivity contribution in [2.45, 2.75) is 32.7 Å². The van der Waals surface area contributed by atoms with Crippen LogP contribution in [0.25, 0.3) is 0 Å². The summed E-state index contributed by atoms with van der Waals surface area (Å²) in [7, 11) is 0. The molecule has 1 heterocycles. The smallest absolute Gasteiger partial charge is 0.290 e. The molecule has 0 saturated carbocycles. The second kappa shape index (κ2) is 8.70. The van der Waals surface area contributed by atoms with E-state index in [1.165, 1.54) is 17.0 Å². The van der Waals surface area contributed by atoms with E-state index in [0.29, 0.717) is 23.6 Å². The van der Waals surface area contributed by atoms with Gasteiger partial charge in [0.1, 0.15) is 5.75 Å². The van der Waals surface area contributed by atoms with Crippen LogP contribution in [-0.2, 0) is 16.0 Å². The van der Waals surface area contributed by atoms with Gasteiger partial charge in [0.2, 0.25) is 0 Å². The third-order valence-corrected chi connectivity index (χ3v) is 5.19. The fourth-order valence-electron chi connectivity index (χ4n) is 3.59. The van der Waals surface area contributed by atoms with Crippen LogP contribution >= 0.6 is 11.6 Å². The summed E-state index contributed by atoms with van der Waals surface area (Å²) < 4.78 is 0. The van der Waals surface area contributed by atoms with Gasteiger partial charge in [-0.2, -0.15) is 0 Å². The Morgan fingerprint density at radius 1 is 1.14 bits per heavy atom. The Labute approximate surface area is 175 Å². The van der Waals surface area contributed by atoms with Gasteiger partial charge in [-0.1, -0.05) is 49.7 Å². The molecule has 0 aromatic heterocycles. The van der Waals surface area contributed by atoms with Gasteiger partial charge < -0.3 is 15.1 Å². The van der Waals surface area contributed by atoms with Crippen molar-refractivity contribution in [2.24, 2.45) is 5.92 Å². The normalized spacial score (nSPS) is 16.8. The number of Topliss-reactive ketones (excluding diaryl/α,β-unsaturated/α-hetero) is 1. The minimum atomic E-state index is -0.729. The Morgan fingerprint density at radius 3 is 2.45 bits per heavy atom. The number of amides is 1. The molecule has 2 N–H and O–H groups in total. The molecule has 0 aliphatic carbocycles. The molecule has 0 saturated heterocycles. The molecule has 1 atom stereocenters. The van der Waals surface area contributed by atoms with Gasteiger partial charge in [-0.3, -0.25) is 9.59 Å². The number of ketones is 1. The lowest BCUT2D eigenvalue weighted by Gasteiger charge is -2.27. The third-order valence-electron chi connectivity index (χ3n) is 4.94. The maximum atomic E-state index is 12.9. The average Bonchev–Trinajstić information content (AvgIpc) is 2.92. The number of carbonyl (C=O) groups excluding carboxylic acids is 2. The van der Waals surface area contributed by atoms with E-state index >= 15 is 0 Å². The van der Waals surface area contributed by atoms with Crippen LogP contribution in [0.3, 0.4) is 0 Å². The van der Waals surface area contributed by atoms with Gasteiger partial charge in [0.15, 0.2) is 11.5 Å². The molecule has 0 spiro atoms. The number of phenols is 1. The number of hydrogen-bond donors (Lipinski definition) is 2. The number of hydrogen-bond acceptors (Lipinski definition) is 4. The van der Waals surface area contributed by atoms with Crippen molar-refractivity contribution in [2.75, 3.05) is 6.54 Å². The lowest BCUT2D eigenvalue weighted by molar-refractivity contribution is -0.129. The summed E-state index contributed by atoms with van der Waals surface area (Å²) in [5.74, 6) is -1.20. The number of benzene rings is 2. The maximum absolute atomic E-state index is 12.9. The molecule has 0 fully saturated rings. The van der Waals surface area contributed by atoms with Gasteiger partial charge in [-0.15, -0.1) is 0 Å². The maximum Gasteiger partial charge on any atom is 0.290 e. The predicted octanol–water partition coefficient (Wildman–Crippen LogP) is 4.60. The lowest BCUT2D eigenvalue weighted by Crippen LogP contribution is -2.33. The summed E-state index contributed by atoms with van der Waals surface area (Å²) in [4.78, 5) is 27.2.